The Morgan fingerprint density at radius 2 is 1.20 bits per heavy atom. The minimum atomic E-state index is 0. The number of halogens is 2. The molecule has 0 amide bonds. The first-order chi connectivity index (χ1) is 6.45. The predicted octanol–water partition coefficient (Wildman–Crippen LogP) is 1.35. The molecule has 0 aromatic carbocycles. The van der Waals surface area contributed by atoms with Crippen molar-refractivity contribution in [3.05, 3.63) is 48.8 Å². The molecule has 84 valence electrons. The van der Waals surface area contributed by atoms with E-state index in [1.54, 1.807) is 0 Å². The standard InChI is InChI=1S/2C5H4N.2ClH.Pd/c2*1-2-4-6-5-3-1;;;/h2*1-4H;2*1H;. The molecule has 0 atom stereocenters. The molecule has 0 fully saturated rings. The third kappa shape index (κ3) is 4.72. The van der Waals surface area contributed by atoms with Crippen molar-refractivity contribution in [3.63, 3.8) is 0 Å². The number of nitrogens with zero attached hydrogens (tertiary/aromatic N) is 2. The molecule has 0 saturated carbocycles. The molecule has 0 saturated heterocycles. The van der Waals surface area contributed by atoms with E-state index < -0.39 is 0 Å². The van der Waals surface area contributed by atoms with E-state index >= 15 is 0 Å². The molecule has 2 aromatic rings. The van der Waals surface area contributed by atoms with E-state index in [2.05, 4.69) is 9.97 Å². The molecule has 0 unspecified atom stereocenters. The van der Waals surface area contributed by atoms with Crippen LogP contribution in [0.2, 0.25) is 0 Å². The first-order valence-corrected chi connectivity index (χ1v) is 5.41. The Morgan fingerprint density at radius 1 is 0.733 bits per heavy atom. The van der Waals surface area contributed by atoms with Crippen molar-refractivity contribution in [1.82, 2.24) is 9.97 Å². The number of hydrogen-bond donors (Lipinski definition) is 0. The summed E-state index contributed by atoms with van der Waals surface area (Å²) in [5.41, 5.74) is 0. The Labute approximate surface area is 110 Å². The topological polar surface area (TPSA) is 25.8 Å². The molecule has 15 heavy (non-hydrogen) atoms. The zero-order chi connectivity index (χ0) is 8.93. The fourth-order valence-corrected chi connectivity index (χ4v) is 2.24. The summed E-state index contributed by atoms with van der Waals surface area (Å²) in [6, 6.07) is 11.9. The van der Waals surface area contributed by atoms with Crippen LogP contribution in [0.1, 0.15) is 0 Å². The Morgan fingerprint density at radius 3 is 1.53 bits per heavy atom. The van der Waals surface area contributed by atoms with E-state index in [9.17, 15) is 0 Å². The maximum atomic E-state index is 4.26. The average molecular weight is 336 g/mol. The Hall–Kier alpha value is -0.458. The van der Waals surface area contributed by atoms with Crippen LogP contribution in [-0.2, 0) is 18.0 Å². The Balaban J connectivity index is 0.000000980. The zero-order valence-electron chi connectivity index (χ0n) is 7.65. The quantitative estimate of drug-likeness (QED) is 0.775. The van der Waals surface area contributed by atoms with Crippen molar-refractivity contribution in [1.29, 1.82) is 0 Å². The molecule has 5 heteroatoms. The predicted molar refractivity (Wildman–Crippen MR) is 62.2 cm³/mol. The molecule has 0 aliphatic heterocycles. The maximum absolute atomic E-state index is 4.26. The molecule has 2 rings (SSSR count). The van der Waals surface area contributed by atoms with Crippen LogP contribution >= 0.6 is 24.8 Å². The fraction of sp³-hybridized carbons (Fsp3) is 0. The first-order valence-electron chi connectivity index (χ1n) is 3.86. The minimum absolute atomic E-state index is 0. The molecule has 0 aliphatic rings. The van der Waals surface area contributed by atoms with Crippen LogP contribution in [0.3, 0.4) is 0 Å². The van der Waals surface area contributed by atoms with Gasteiger partial charge in [0.2, 0.25) is 0 Å². The van der Waals surface area contributed by atoms with Crippen molar-refractivity contribution in [2.45, 2.75) is 0 Å². The van der Waals surface area contributed by atoms with Crippen molar-refractivity contribution in [3.8, 4) is 0 Å². The summed E-state index contributed by atoms with van der Waals surface area (Å²) in [5, 5.41) is 0. The van der Waals surface area contributed by atoms with Gasteiger partial charge < -0.3 is 0 Å². The average Bonchev–Trinajstić information content (AvgIpc) is 2.21. The third-order valence-electron chi connectivity index (χ3n) is 1.38. The van der Waals surface area contributed by atoms with Gasteiger partial charge >= 0.3 is 85.1 Å². The van der Waals surface area contributed by atoms with Crippen LogP contribution in [-0.4, -0.2) is 9.97 Å². The van der Waals surface area contributed by atoms with E-state index in [1.165, 1.54) is 0 Å². The summed E-state index contributed by atoms with van der Waals surface area (Å²) in [7, 11) is 0. The van der Waals surface area contributed by atoms with E-state index in [0.717, 1.165) is 8.33 Å². The van der Waals surface area contributed by atoms with E-state index in [1.807, 2.05) is 48.8 Å². The van der Waals surface area contributed by atoms with Crippen molar-refractivity contribution < 1.29 is 18.0 Å². The van der Waals surface area contributed by atoms with Crippen molar-refractivity contribution in [2.75, 3.05) is 0 Å². The first kappa shape index (κ1) is 14.5. The van der Waals surface area contributed by atoms with E-state index in [0.29, 0.717) is 18.0 Å². The third-order valence-corrected chi connectivity index (χ3v) is 3.10. The second-order valence-electron chi connectivity index (χ2n) is 2.32. The van der Waals surface area contributed by atoms with Gasteiger partial charge in [-0.25, -0.2) is 0 Å². The van der Waals surface area contributed by atoms with Crippen LogP contribution in [0.15, 0.2) is 48.8 Å². The van der Waals surface area contributed by atoms with E-state index in [-0.39, 0.29) is 24.8 Å². The molecular weight excluding hydrogens is 325 g/mol. The molecule has 2 nitrogen and oxygen atoms in total. The van der Waals surface area contributed by atoms with Crippen molar-refractivity contribution >= 4 is 33.1 Å². The fourth-order valence-electron chi connectivity index (χ4n) is 0.839. The summed E-state index contributed by atoms with van der Waals surface area (Å²) in [5.74, 6) is 0. The molecule has 0 radical (unpaired) electrons. The van der Waals surface area contributed by atoms with Gasteiger partial charge in [-0.2, -0.15) is 0 Å². The second kappa shape index (κ2) is 7.78. The van der Waals surface area contributed by atoms with Gasteiger partial charge in [0.25, 0.3) is 0 Å². The van der Waals surface area contributed by atoms with Gasteiger partial charge in [0.15, 0.2) is 0 Å². The number of aromatic nitrogens is 2. The Bertz CT molecular complexity index is 332. The normalized spacial score (nSPS) is 8.80. The van der Waals surface area contributed by atoms with Crippen LogP contribution in [0.4, 0.5) is 0 Å². The zero-order valence-corrected chi connectivity index (χ0v) is 10.8. The van der Waals surface area contributed by atoms with Crippen LogP contribution in [0, 0.1) is 0 Å². The van der Waals surface area contributed by atoms with Gasteiger partial charge in [-0.3, -0.25) is 0 Å². The SMILES string of the molecule is Cl.Cl.c1cc[c]([Pd][c]2ccccn2)nc1. The summed E-state index contributed by atoms with van der Waals surface area (Å²) in [6.45, 7) is 0. The van der Waals surface area contributed by atoms with Crippen LogP contribution in [0.25, 0.3) is 0 Å². The molecular formula is C10H10Cl2N2Pd. The Kier molecular flexibility index (Phi) is 7.55. The monoisotopic (exact) mass is 334 g/mol. The molecule has 2 heterocycles. The molecule has 0 aliphatic carbocycles. The van der Waals surface area contributed by atoms with Gasteiger partial charge in [-0.05, 0) is 0 Å². The molecule has 2 aromatic heterocycles. The number of rotatable bonds is 2. The molecule has 0 N–H and O–H groups in total. The molecule has 0 bridgehead atoms. The summed E-state index contributed by atoms with van der Waals surface area (Å²) < 4.78 is 2.21. The summed E-state index contributed by atoms with van der Waals surface area (Å²) in [6.07, 6.45) is 3.63. The number of pyridine rings is 2. The van der Waals surface area contributed by atoms with Gasteiger partial charge in [0.05, 0.1) is 0 Å². The number of hydrogen-bond acceptors (Lipinski definition) is 2. The molecule has 0 spiro atoms. The van der Waals surface area contributed by atoms with E-state index in [4.69, 9.17) is 0 Å². The van der Waals surface area contributed by atoms with Gasteiger partial charge in [0.1, 0.15) is 0 Å². The summed E-state index contributed by atoms with van der Waals surface area (Å²) >= 11 is 0.352. The van der Waals surface area contributed by atoms with Crippen LogP contribution < -0.4 is 8.33 Å². The van der Waals surface area contributed by atoms with Crippen molar-refractivity contribution in [2.24, 2.45) is 0 Å². The van der Waals surface area contributed by atoms with Gasteiger partial charge in [-0.15, -0.1) is 24.8 Å². The summed E-state index contributed by atoms with van der Waals surface area (Å²) in [4.78, 5) is 8.51. The van der Waals surface area contributed by atoms with Gasteiger partial charge in [-0.1, -0.05) is 0 Å². The second-order valence-corrected chi connectivity index (χ2v) is 4.30. The van der Waals surface area contributed by atoms with Crippen LogP contribution in [0.5, 0.6) is 0 Å². The van der Waals surface area contributed by atoms with Gasteiger partial charge in [0, 0.05) is 0 Å².